The van der Waals surface area contributed by atoms with Crippen LogP contribution < -0.4 is 14.4 Å². The van der Waals surface area contributed by atoms with Crippen LogP contribution in [0.15, 0.2) is 54.7 Å². The Labute approximate surface area is 199 Å². The highest BCUT2D eigenvalue weighted by Crippen LogP contribution is 2.34. The van der Waals surface area contributed by atoms with Gasteiger partial charge in [-0.1, -0.05) is 23.7 Å². The third kappa shape index (κ3) is 4.59. The minimum absolute atomic E-state index is 0.0220. The number of carbonyl (C=O) groups excluding carboxylic acids is 1. The van der Waals surface area contributed by atoms with Crippen LogP contribution in [0.1, 0.15) is 23.3 Å². The molecule has 1 fully saturated rings. The fourth-order valence-corrected chi connectivity index (χ4v) is 4.73. The first-order valence-corrected chi connectivity index (χ1v) is 11.8. The highest BCUT2D eigenvalue weighted by Gasteiger charge is 2.27. The van der Waals surface area contributed by atoms with Crippen molar-refractivity contribution in [3.63, 3.8) is 0 Å². The SMILES string of the molecule is COc1cc(N2CCn3cc(-c4ccc(Cl)cc4)cc3C2=O)ccc1OCCN1CCCC1. The van der Waals surface area contributed by atoms with Crippen LogP contribution in [0.5, 0.6) is 11.5 Å². The zero-order valence-electron chi connectivity index (χ0n) is 18.8. The van der Waals surface area contributed by atoms with Crippen LogP contribution in [0, 0.1) is 0 Å². The van der Waals surface area contributed by atoms with Gasteiger partial charge in [0.05, 0.1) is 7.11 Å². The molecule has 172 valence electrons. The maximum Gasteiger partial charge on any atom is 0.274 e. The number of methoxy groups -OCH3 is 1. The first kappa shape index (κ1) is 21.9. The summed E-state index contributed by atoms with van der Waals surface area (Å²) in [4.78, 5) is 17.5. The molecule has 2 aromatic carbocycles. The van der Waals surface area contributed by atoms with Crippen molar-refractivity contribution in [2.24, 2.45) is 0 Å². The summed E-state index contributed by atoms with van der Waals surface area (Å²) < 4.78 is 13.6. The molecule has 2 aliphatic heterocycles. The number of hydrogen-bond acceptors (Lipinski definition) is 4. The van der Waals surface area contributed by atoms with Gasteiger partial charge in [-0.3, -0.25) is 9.69 Å². The number of fused-ring (bicyclic) bond motifs is 1. The van der Waals surface area contributed by atoms with E-state index in [4.69, 9.17) is 21.1 Å². The highest BCUT2D eigenvalue weighted by molar-refractivity contribution is 6.30. The highest BCUT2D eigenvalue weighted by atomic mass is 35.5. The first-order chi connectivity index (χ1) is 16.1. The van der Waals surface area contributed by atoms with Crippen LogP contribution in [-0.4, -0.2) is 55.3 Å². The molecule has 1 aromatic heterocycles. The van der Waals surface area contributed by atoms with Crippen LogP contribution in [0.4, 0.5) is 5.69 Å². The van der Waals surface area contributed by atoms with Crippen molar-refractivity contribution in [1.29, 1.82) is 0 Å². The largest absolute Gasteiger partial charge is 0.493 e. The number of nitrogens with zero attached hydrogens (tertiary/aromatic N) is 3. The molecule has 33 heavy (non-hydrogen) atoms. The van der Waals surface area contributed by atoms with Gasteiger partial charge in [-0.2, -0.15) is 0 Å². The Bertz CT molecular complexity index is 1140. The molecule has 2 aliphatic rings. The van der Waals surface area contributed by atoms with Crippen LogP contribution in [0.2, 0.25) is 5.02 Å². The molecule has 0 N–H and O–H groups in total. The molecule has 0 bridgehead atoms. The van der Waals surface area contributed by atoms with E-state index in [0.717, 1.165) is 43.0 Å². The van der Waals surface area contributed by atoms with E-state index in [1.54, 1.807) is 12.0 Å². The molecule has 0 radical (unpaired) electrons. The molecule has 0 unspecified atom stereocenters. The van der Waals surface area contributed by atoms with Crippen LogP contribution in [0.3, 0.4) is 0 Å². The third-order valence-electron chi connectivity index (χ3n) is 6.43. The standard InChI is InChI=1S/C26H28ClN3O3/c1-32-25-17-22(8-9-24(25)33-15-14-28-10-2-3-11-28)30-13-12-29-18-20(16-23(29)26(30)31)19-4-6-21(27)7-5-19/h4-9,16-18H,2-3,10-15H2,1H3. The topological polar surface area (TPSA) is 46.9 Å². The Hall–Kier alpha value is -2.96. The van der Waals surface area contributed by atoms with E-state index >= 15 is 0 Å². The fraction of sp³-hybridized carbons (Fsp3) is 0.346. The molecule has 1 amide bonds. The number of halogens is 1. The molecule has 0 atom stereocenters. The van der Waals surface area contributed by atoms with Crippen molar-refractivity contribution >= 4 is 23.2 Å². The van der Waals surface area contributed by atoms with Gasteiger partial charge in [-0.25, -0.2) is 0 Å². The van der Waals surface area contributed by atoms with Gasteiger partial charge in [0.15, 0.2) is 11.5 Å². The average molecular weight is 466 g/mol. The van der Waals surface area contributed by atoms with Crippen LogP contribution >= 0.6 is 11.6 Å². The number of amides is 1. The molecule has 0 aliphatic carbocycles. The normalized spacial score (nSPS) is 16.2. The molecule has 7 heteroatoms. The summed E-state index contributed by atoms with van der Waals surface area (Å²) in [6.07, 6.45) is 4.57. The van der Waals surface area contributed by atoms with Gasteiger partial charge < -0.3 is 18.9 Å². The molecule has 1 saturated heterocycles. The van der Waals surface area contributed by atoms with E-state index in [0.29, 0.717) is 35.4 Å². The summed E-state index contributed by atoms with van der Waals surface area (Å²) >= 11 is 6.02. The van der Waals surface area contributed by atoms with Crippen LogP contribution in [-0.2, 0) is 6.54 Å². The van der Waals surface area contributed by atoms with Crippen molar-refractivity contribution in [3.05, 3.63) is 65.4 Å². The Morgan fingerprint density at radius 1 is 0.909 bits per heavy atom. The predicted molar refractivity (Wildman–Crippen MR) is 131 cm³/mol. The second kappa shape index (κ2) is 9.49. The van der Waals surface area contributed by atoms with E-state index in [2.05, 4.69) is 4.90 Å². The monoisotopic (exact) mass is 465 g/mol. The summed E-state index contributed by atoms with van der Waals surface area (Å²) in [6.45, 7) is 5.17. The quantitative estimate of drug-likeness (QED) is 0.495. The molecule has 5 rings (SSSR count). The Kier molecular flexibility index (Phi) is 6.29. The van der Waals surface area contributed by atoms with Crippen molar-refractivity contribution in [1.82, 2.24) is 9.47 Å². The van der Waals surface area contributed by atoms with Gasteiger partial charge in [0.1, 0.15) is 12.3 Å². The van der Waals surface area contributed by atoms with E-state index in [9.17, 15) is 4.79 Å². The molecule has 3 heterocycles. The fourth-order valence-electron chi connectivity index (χ4n) is 4.60. The van der Waals surface area contributed by atoms with Gasteiger partial charge in [0, 0.05) is 48.2 Å². The number of ether oxygens (including phenoxy) is 2. The number of rotatable bonds is 7. The minimum atomic E-state index is -0.0220. The first-order valence-electron chi connectivity index (χ1n) is 11.4. The summed E-state index contributed by atoms with van der Waals surface area (Å²) in [5, 5.41) is 0.697. The molecular weight excluding hydrogens is 438 g/mol. The van der Waals surface area contributed by atoms with Gasteiger partial charge in [0.2, 0.25) is 0 Å². The number of anilines is 1. The van der Waals surface area contributed by atoms with Crippen molar-refractivity contribution < 1.29 is 14.3 Å². The van der Waals surface area contributed by atoms with Crippen LogP contribution in [0.25, 0.3) is 11.1 Å². The van der Waals surface area contributed by atoms with E-state index < -0.39 is 0 Å². The summed E-state index contributed by atoms with van der Waals surface area (Å²) in [7, 11) is 1.63. The Morgan fingerprint density at radius 2 is 1.70 bits per heavy atom. The molecular formula is C26H28ClN3O3. The van der Waals surface area contributed by atoms with E-state index in [1.807, 2.05) is 59.3 Å². The predicted octanol–water partition coefficient (Wildman–Crippen LogP) is 4.95. The molecule has 0 saturated carbocycles. The van der Waals surface area contributed by atoms with Crippen molar-refractivity contribution in [2.75, 3.05) is 44.8 Å². The second-order valence-corrected chi connectivity index (χ2v) is 8.94. The van der Waals surface area contributed by atoms with Gasteiger partial charge in [0.25, 0.3) is 5.91 Å². The number of carbonyl (C=O) groups is 1. The lowest BCUT2D eigenvalue weighted by Gasteiger charge is -2.29. The maximum atomic E-state index is 13.3. The Morgan fingerprint density at radius 3 is 2.45 bits per heavy atom. The zero-order chi connectivity index (χ0) is 22.8. The van der Waals surface area contributed by atoms with Crippen molar-refractivity contribution in [2.45, 2.75) is 19.4 Å². The zero-order valence-corrected chi connectivity index (χ0v) is 19.6. The number of aromatic nitrogens is 1. The van der Waals surface area contributed by atoms with Gasteiger partial charge in [-0.15, -0.1) is 0 Å². The average Bonchev–Trinajstić information content (AvgIpc) is 3.51. The number of benzene rings is 2. The lowest BCUT2D eigenvalue weighted by Crippen LogP contribution is -2.39. The number of likely N-dealkylation sites (tertiary alicyclic amines) is 1. The lowest BCUT2D eigenvalue weighted by atomic mass is 10.1. The summed E-state index contributed by atoms with van der Waals surface area (Å²) in [5.74, 6) is 1.33. The van der Waals surface area contributed by atoms with Crippen molar-refractivity contribution in [3.8, 4) is 22.6 Å². The summed E-state index contributed by atoms with van der Waals surface area (Å²) in [6, 6.07) is 15.3. The molecule has 3 aromatic rings. The number of hydrogen-bond donors (Lipinski definition) is 0. The lowest BCUT2D eigenvalue weighted by molar-refractivity contribution is 0.0965. The maximum absolute atomic E-state index is 13.3. The molecule has 6 nitrogen and oxygen atoms in total. The molecule has 0 spiro atoms. The summed E-state index contributed by atoms with van der Waals surface area (Å²) in [5.41, 5.74) is 3.54. The second-order valence-electron chi connectivity index (χ2n) is 8.50. The smallest absolute Gasteiger partial charge is 0.274 e. The Balaban J connectivity index is 1.31. The van der Waals surface area contributed by atoms with Gasteiger partial charge >= 0.3 is 0 Å². The van der Waals surface area contributed by atoms with E-state index in [1.165, 1.54) is 12.8 Å². The van der Waals surface area contributed by atoms with E-state index in [-0.39, 0.29) is 5.91 Å². The minimum Gasteiger partial charge on any atom is -0.493 e. The third-order valence-corrected chi connectivity index (χ3v) is 6.68. The van der Waals surface area contributed by atoms with Gasteiger partial charge in [-0.05, 0) is 61.8 Å².